The molecule has 0 saturated carbocycles. The fourth-order valence-electron chi connectivity index (χ4n) is 3.14. The van der Waals surface area contributed by atoms with E-state index in [-0.39, 0.29) is 24.3 Å². The third-order valence-electron chi connectivity index (χ3n) is 4.95. The lowest BCUT2D eigenvalue weighted by molar-refractivity contribution is -0.115. The Labute approximate surface area is 201 Å². The number of thioether (sulfide) groups is 1. The lowest BCUT2D eigenvalue weighted by Gasteiger charge is -2.19. The van der Waals surface area contributed by atoms with Crippen LogP contribution in [0, 0.1) is 12.7 Å². The number of halogens is 2. The third-order valence-corrected chi connectivity index (χ3v) is 6.42. The van der Waals surface area contributed by atoms with E-state index in [4.69, 9.17) is 21.1 Å². The van der Waals surface area contributed by atoms with Crippen LogP contribution in [0.1, 0.15) is 31.3 Å². The number of anilines is 1. The number of carbonyl (C=O) groups is 1. The smallest absolute Gasteiger partial charge is 0.237 e. The molecule has 0 aliphatic heterocycles. The van der Waals surface area contributed by atoms with Crippen LogP contribution in [0.3, 0.4) is 0 Å². The Balaban J connectivity index is 1.76. The highest BCUT2D eigenvalue weighted by Crippen LogP contribution is 2.29. The zero-order chi connectivity index (χ0) is 24.0. The standard InChI is InChI=1S/C23H26ClFN4O3S/c1-14(12-31-4)29-21(13-32-20-11-6-5-9-18(20)25)27-28-23(29)33-16(3)22(30)26-19-10-7-8-17(24)15(19)2/h5-11,14,16H,12-13H2,1-4H3,(H,26,30)/t14-,16-/m0/s1. The van der Waals surface area contributed by atoms with Gasteiger partial charge in [0.05, 0.1) is 17.9 Å². The zero-order valence-corrected chi connectivity index (χ0v) is 20.4. The van der Waals surface area contributed by atoms with Gasteiger partial charge in [0.15, 0.2) is 22.5 Å². The fraction of sp³-hybridized carbons (Fsp3) is 0.348. The van der Waals surface area contributed by atoms with E-state index in [1.165, 1.54) is 17.8 Å². The van der Waals surface area contributed by atoms with E-state index >= 15 is 0 Å². The van der Waals surface area contributed by atoms with Gasteiger partial charge < -0.3 is 14.8 Å². The lowest BCUT2D eigenvalue weighted by Crippen LogP contribution is -2.24. The molecule has 33 heavy (non-hydrogen) atoms. The van der Waals surface area contributed by atoms with E-state index in [0.29, 0.717) is 28.3 Å². The van der Waals surface area contributed by atoms with E-state index < -0.39 is 11.1 Å². The van der Waals surface area contributed by atoms with Crippen LogP contribution in [0.25, 0.3) is 0 Å². The number of rotatable bonds is 10. The molecule has 1 amide bonds. The fourth-order valence-corrected chi connectivity index (χ4v) is 4.28. The van der Waals surface area contributed by atoms with Crippen LogP contribution in [-0.2, 0) is 16.1 Å². The van der Waals surface area contributed by atoms with E-state index in [1.54, 1.807) is 50.4 Å². The molecule has 1 heterocycles. The van der Waals surface area contributed by atoms with Crippen molar-refractivity contribution in [3.8, 4) is 5.75 Å². The second kappa shape index (κ2) is 11.5. The van der Waals surface area contributed by atoms with Crippen LogP contribution >= 0.6 is 23.4 Å². The number of amides is 1. The molecule has 7 nitrogen and oxygen atoms in total. The molecule has 0 saturated heterocycles. The Morgan fingerprint density at radius 3 is 2.70 bits per heavy atom. The molecule has 2 atom stereocenters. The topological polar surface area (TPSA) is 78.3 Å². The molecule has 3 rings (SSSR count). The number of nitrogens with zero attached hydrogens (tertiary/aromatic N) is 3. The summed E-state index contributed by atoms with van der Waals surface area (Å²) in [6.07, 6.45) is 0. The molecule has 1 N–H and O–H groups in total. The molecule has 10 heteroatoms. The van der Waals surface area contributed by atoms with Crippen molar-refractivity contribution in [3.05, 3.63) is 64.7 Å². The minimum Gasteiger partial charge on any atom is -0.483 e. The summed E-state index contributed by atoms with van der Waals surface area (Å²) in [6.45, 7) is 6.01. The molecule has 0 fully saturated rings. The van der Waals surface area contributed by atoms with Crippen LogP contribution < -0.4 is 10.1 Å². The average molecular weight is 493 g/mol. The SMILES string of the molecule is COC[C@H](C)n1c(COc2ccccc2F)nnc1S[C@@H](C)C(=O)Nc1cccc(Cl)c1C. The Bertz CT molecular complexity index is 1110. The summed E-state index contributed by atoms with van der Waals surface area (Å²) in [7, 11) is 1.60. The number of carbonyl (C=O) groups excluding carboxylic acids is 1. The van der Waals surface area contributed by atoms with Crippen LogP contribution in [-0.4, -0.2) is 39.6 Å². The first-order chi connectivity index (χ1) is 15.8. The molecule has 0 radical (unpaired) electrons. The third kappa shape index (κ3) is 6.25. The quantitative estimate of drug-likeness (QED) is 0.388. The summed E-state index contributed by atoms with van der Waals surface area (Å²) in [5, 5.41) is 12.1. The van der Waals surface area contributed by atoms with Gasteiger partial charge in [0.1, 0.15) is 6.61 Å². The Morgan fingerprint density at radius 2 is 1.97 bits per heavy atom. The van der Waals surface area contributed by atoms with Gasteiger partial charge in [-0.05, 0) is 50.6 Å². The number of benzene rings is 2. The van der Waals surface area contributed by atoms with Crippen molar-refractivity contribution in [1.82, 2.24) is 14.8 Å². The molecule has 3 aromatic rings. The van der Waals surface area contributed by atoms with Crippen LogP contribution in [0.4, 0.5) is 10.1 Å². The highest BCUT2D eigenvalue weighted by molar-refractivity contribution is 8.00. The van der Waals surface area contributed by atoms with Gasteiger partial charge in [-0.1, -0.05) is 41.6 Å². The number of hydrogen-bond acceptors (Lipinski definition) is 6. The number of hydrogen-bond donors (Lipinski definition) is 1. The lowest BCUT2D eigenvalue weighted by atomic mass is 10.2. The van der Waals surface area contributed by atoms with Crippen molar-refractivity contribution >= 4 is 35.0 Å². The Hall–Kier alpha value is -2.62. The molecule has 176 valence electrons. The summed E-state index contributed by atoms with van der Waals surface area (Å²) >= 11 is 7.42. The maximum atomic E-state index is 13.9. The Kier molecular flexibility index (Phi) is 8.71. The molecule has 0 aliphatic carbocycles. The van der Waals surface area contributed by atoms with Gasteiger partial charge in [0, 0.05) is 17.8 Å². The van der Waals surface area contributed by atoms with Gasteiger partial charge in [0.2, 0.25) is 5.91 Å². The summed E-state index contributed by atoms with van der Waals surface area (Å²) in [5.74, 6) is -0.0120. The number of nitrogens with one attached hydrogen (secondary N) is 1. The van der Waals surface area contributed by atoms with Crippen LogP contribution in [0.5, 0.6) is 5.75 Å². The molecule has 0 bridgehead atoms. The van der Waals surface area contributed by atoms with E-state index in [0.717, 1.165) is 5.56 Å². The highest BCUT2D eigenvalue weighted by atomic mass is 35.5. The van der Waals surface area contributed by atoms with Crippen LogP contribution in [0.2, 0.25) is 5.02 Å². The number of aromatic nitrogens is 3. The summed E-state index contributed by atoms with van der Waals surface area (Å²) < 4.78 is 26.7. The van der Waals surface area contributed by atoms with Gasteiger partial charge in [-0.3, -0.25) is 9.36 Å². The summed E-state index contributed by atoms with van der Waals surface area (Å²) in [4.78, 5) is 12.8. The summed E-state index contributed by atoms with van der Waals surface area (Å²) in [5.41, 5.74) is 1.46. The van der Waals surface area contributed by atoms with Gasteiger partial charge >= 0.3 is 0 Å². The maximum Gasteiger partial charge on any atom is 0.237 e. The van der Waals surface area contributed by atoms with Crippen molar-refractivity contribution in [2.24, 2.45) is 0 Å². The zero-order valence-electron chi connectivity index (χ0n) is 18.8. The predicted molar refractivity (Wildman–Crippen MR) is 127 cm³/mol. The molecular weight excluding hydrogens is 467 g/mol. The van der Waals surface area contributed by atoms with Gasteiger partial charge in [0.25, 0.3) is 0 Å². The van der Waals surface area contributed by atoms with Crippen LogP contribution in [0.15, 0.2) is 47.6 Å². The first kappa shape index (κ1) is 25.0. The predicted octanol–water partition coefficient (Wildman–Crippen LogP) is 5.28. The first-order valence-corrected chi connectivity index (χ1v) is 11.6. The van der Waals surface area contributed by atoms with Gasteiger partial charge in [-0.2, -0.15) is 0 Å². The van der Waals surface area contributed by atoms with Crippen molar-refractivity contribution in [2.45, 2.75) is 43.8 Å². The van der Waals surface area contributed by atoms with Crippen molar-refractivity contribution in [2.75, 3.05) is 19.0 Å². The number of ether oxygens (including phenoxy) is 2. The van der Waals surface area contributed by atoms with Gasteiger partial charge in [-0.25, -0.2) is 4.39 Å². The largest absolute Gasteiger partial charge is 0.483 e. The number of para-hydroxylation sites is 1. The molecule has 0 spiro atoms. The summed E-state index contributed by atoms with van der Waals surface area (Å²) in [6, 6.07) is 11.4. The van der Waals surface area contributed by atoms with E-state index in [2.05, 4.69) is 15.5 Å². The average Bonchev–Trinajstić information content (AvgIpc) is 3.18. The normalized spacial score (nSPS) is 12.9. The van der Waals surface area contributed by atoms with Crippen molar-refractivity contribution in [3.63, 3.8) is 0 Å². The molecule has 0 unspecified atom stereocenters. The van der Waals surface area contributed by atoms with E-state index in [9.17, 15) is 9.18 Å². The second-order valence-corrected chi connectivity index (χ2v) is 9.17. The monoisotopic (exact) mass is 492 g/mol. The highest BCUT2D eigenvalue weighted by Gasteiger charge is 2.24. The maximum absolute atomic E-state index is 13.9. The van der Waals surface area contributed by atoms with Crippen molar-refractivity contribution in [1.29, 1.82) is 0 Å². The minimum absolute atomic E-state index is 0.0187. The first-order valence-electron chi connectivity index (χ1n) is 10.3. The molecule has 1 aromatic heterocycles. The molecule has 2 aromatic carbocycles. The van der Waals surface area contributed by atoms with E-state index in [1.807, 2.05) is 18.4 Å². The molecule has 0 aliphatic rings. The molecular formula is C23H26ClFN4O3S. The van der Waals surface area contributed by atoms with Crippen molar-refractivity contribution < 1.29 is 18.7 Å². The Morgan fingerprint density at radius 1 is 1.21 bits per heavy atom. The minimum atomic E-state index is -0.471. The second-order valence-electron chi connectivity index (χ2n) is 7.45. The van der Waals surface area contributed by atoms with Gasteiger partial charge in [-0.15, -0.1) is 10.2 Å². The number of methoxy groups -OCH3 is 1.